The second-order valence-electron chi connectivity index (χ2n) is 2.04. The van der Waals surface area contributed by atoms with Gasteiger partial charge in [-0.15, -0.1) is 0 Å². The van der Waals surface area contributed by atoms with E-state index in [1.807, 2.05) is 6.92 Å². The summed E-state index contributed by atoms with van der Waals surface area (Å²) in [5.41, 5.74) is 11.6. The number of phenols is 1. The Morgan fingerprint density at radius 3 is 2.36 bits per heavy atom. The molecule has 0 aliphatic rings. The number of benzene rings is 1. The zero-order valence-electron chi connectivity index (χ0n) is 6.16. The van der Waals surface area contributed by atoms with Crippen molar-refractivity contribution in [2.45, 2.75) is 6.92 Å². The molecule has 0 aromatic heterocycles. The highest BCUT2D eigenvalue weighted by Crippen LogP contribution is 2.16. The third-order valence-corrected chi connectivity index (χ3v) is 1.25. The molecule has 0 radical (unpaired) electrons. The van der Waals surface area contributed by atoms with Crippen LogP contribution in [-0.4, -0.2) is 5.11 Å². The van der Waals surface area contributed by atoms with Crippen molar-refractivity contribution in [3.63, 3.8) is 0 Å². The fraction of sp³-hybridized carbons (Fsp3) is 0.143. The number of rotatable bonds is 0. The van der Waals surface area contributed by atoms with Gasteiger partial charge in [-0.25, -0.2) is 0 Å². The molecular weight excluding hydrogens is 144 g/mol. The summed E-state index contributed by atoms with van der Waals surface area (Å²) >= 11 is 0. The SMILES string of the molecule is Cc1cc(O)ccc1N.N=O. The molecule has 0 unspecified atom stereocenters. The summed E-state index contributed by atoms with van der Waals surface area (Å²) in [6.45, 7) is 1.86. The fourth-order valence-electron chi connectivity index (χ4n) is 0.660. The number of hydrogen-bond donors (Lipinski definition) is 3. The van der Waals surface area contributed by atoms with Gasteiger partial charge in [0.25, 0.3) is 0 Å². The molecule has 0 spiro atoms. The highest BCUT2D eigenvalue weighted by Gasteiger charge is 1.91. The standard InChI is InChI=1S/C7H9NO.HNO/c1-5-4-6(9)2-3-7(5)8;1-2/h2-4,9H,8H2,1H3;1H. The van der Waals surface area contributed by atoms with Gasteiger partial charge in [-0.1, -0.05) is 5.59 Å². The van der Waals surface area contributed by atoms with Gasteiger partial charge in [0, 0.05) is 5.69 Å². The molecule has 0 bridgehead atoms. The molecule has 1 rings (SSSR count). The van der Waals surface area contributed by atoms with Gasteiger partial charge in [0.05, 0.1) is 0 Å². The minimum Gasteiger partial charge on any atom is -0.508 e. The van der Waals surface area contributed by atoms with Crippen LogP contribution in [0.3, 0.4) is 0 Å². The van der Waals surface area contributed by atoms with Gasteiger partial charge >= 0.3 is 0 Å². The van der Waals surface area contributed by atoms with E-state index in [4.69, 9.17) is 15.7 Å². The van der Waals surface area contributed by atoms with Crippen molar-refractivity contribution in [3.05, 3.63) is 28.7 Å². The first-order valence-electron chi connectivity index (χ1n) is 2.95. The number of aromatic hydroxyl groups is 1. The number of nitroso groups, excluding NO2 is 1. The van der Waals surface area contributed by atoms with Crippen molar-refractivity contribution in [3.8, 4) is 5.75 Å². The molecule has 0 amide bonds. The molecule has 0 saturated heterocycles. The van der Waals surface area contributed by atoms with Crippen LogP contribution in [0.4, 0.5) is 5.69 Å². The summed E-state index contributed by atoms with van der Waals surface area (Å²) in [5, 5.41) is 8.88. The molecule has 11 heavy (non-hydrogen) atoms. The lowest BCUT2D eigenvalue weighted by atomic mass is 10.2. The van der Waals surface area contributed by atoms with Gasteiger partial charge in [-0.2, -0.15) is 4.91 Å². The Hall–Kier alpha value is -1.58. The van der Waals surface area contributed by atoms with Crippen LogP contribution in [0.1, 0.15) is 5.56 Å². The molecule has 0 atom stereocenters. The van der Waals surface area contributed by atoms with E-state index in [0.29, 0.717) is 5.69 Å². The van der Waals surface area contributed by atoms with Crippen molar-refractivity contribution >= 4 is 5.69 Å². The van der Waals surface area contributed by atoms with Crippen LogP contribution in [0.25, 0.3) is 0 Å². The fourth-order valence-corrected chi connectivity index (χ4v) is 0.660. The van der Waals surface area contributed by atoms with E-state index in [1.54, 1.807) is 18.2 Å². The normalized spacial score (nSPS) is 8.09. The topological polar surface area (TPSA) is 87.2 Å². The molecule has 0 aliphatic heterocycles. The number of nitrogens with one attached hydrogen (secondary N) is 1. The van der Waals surface area contributed by atoms with Crippen LogP contribution >= 0.6 is 0 Å². The Morgan fingerprint density at radius 1 is 1.45 bits per heavy atom. The van der Waals surface area contributed by atoms with Crippen molar-refractivity contribution < 1.29 is 5.11 Å². The van der Waals surface area contributed by atoms with Gasteiger partial charge in [0.1, 0.15) is 5.75 Å². The van der Waals surface area contributed by atoms with Crippen LogP contribution in [0.5, 0.6) is 5.75 Å². The molecule has 1 aromatic rings. The number of anilines is 1. The van der Waals surface area contributed by atoms with Crippen molar-refractivity contribution in [1.29, 1.82) is 5.59 Å². The zero-order valence-corrected chi connectivity index (χ0v) is 6.16. The Labute approximate surface area is 64.4 Å². The third-order valence-electron chi connectivity index (χ3n) is 1.25. The van der Waals surface area contributed by atoms with Crippen molar-refractivity contribution in [2.75, 3.05) is 5.73 Å². The predicted molar refractivity (Wildman–Crippen MR) is 43.3 cm³/mol. The molecule has 0 fully saturated rings. The van der Waals surface area contributed by atoms with E-state index >= 15 is 0 Å². The lowest BCUT2D eigenvalue weighted by molar-refractivity contribution is 0.475. The maximum Gasteiger partial charge on any atom is 0.115 e. The second-order valence-corrected chi connectivity index (χ2v) is 2.04. The lowest BCUT2D eigenvalue weighted by Crippen LogP contribution is -1.86. The highest BCUT2D eigenvalue weighted by molar-refractivity contribution is 5.48. The summed E-state index contributed by atoms with van der Waals surface area (Å²) in [4.78, 5) is 7.50. The maximum absolute atomic E-state index is 8.88. The molecule has 4 heteroatoms. The molecule has 60 valence electrons. The van der Waals surface area contributed by atoms with E-state index in [9.17, 15) is 0 Å². The summed E-state index contributed by atoms with van der Waals surface area (Å²) in [7, 11) is 0. The average Bonchev–Trinajstić information content (AvgIpc) is 2.02. The van der Waals surface area contributed by atoms with Crippen molar-refractivity contribution in [1.82, 2.24) is 0 Å². The maximum atomic E-state index is 8.88. The average molecular weight is 154 g/mol. The van der Waals surface area contributed by atoms with Gasteiger partial charge < -0.3 is 10.8 Å². The highest BCUT2D eigenvalue weighted by atomic mass is 16.3. The summed E-state index contributed by atoms with van der Waals surface area (Å²) in [6, 6.07) is 4.89. The van der Waals surface area contributed by atoms with Crippen LogP contribution < -0.4 is 5.73 Å². The molecule has 4 N–H and O–H groups in total. The minimum atomic E-state index is 0.265. The summed E-state index contributed by atoms with van der Waals surface area (Å²) < 4.78 is 0. The predicted octanol–water partition coefficient (Wildman–Crippen LogP) is 1.61. The number of hydrogen-bond acceptors (Lipinski definition) is 4. The Morgan fingerprint density at radius 2 is 2.00 bits per heavy atom. The van der Waals surface area contributed by atoms with Gasteiger partial charge in [0.2, 0.25) is 0 Å². The Balaban J connectivity index is 0.000000461. The van der Waals surface area contributed by atoms with E-state index in [2.05, 4.69) is 5.59 Å². The van der Waals surface area contributed by atoms with Crippen LogP contribution in [0, 0.1) is 17.4 Å². The van der Waals surface area contributed by atoms with E-state index < -0.39 is 0 Å². The zero-order chi connectivity index (χ0) is 8.85. The number of phenolic OH excluding ortho intramolecular Hbond substituents is 1. The smallest absolute Gasteiger partial charge is 0.115 e. The molecule has 0 heterocycles. The van der Waals surface area contributed by atoms with E-state index in [0.717, 1.165) is 5.56 Å². The molecule has 1 aromatic carbocycles. The second kappa shape index (κ2) is 4.27. The first-order chi connectivity index (χ1) is 5.20. The van der Waals surface area contributed by atoms with Gasteiger partial charge in [-0.3, -0.25) is 0 Å². The van der Waals surface area contributed by atoms with E-state index in [-0.39, 0.29) is 5.75 Å². The first-order valence-corrected chi connectivity index (χ1v) is 2.95. The molecular formula is C7H10N2O2. The monoisotopic (exact) mass is 154 g/mol. The largest absolute Gasteiger partial charge is 0.508 e. The number of nitrogens with two attached hydrogens (primary N) is 1. The van der Waals surface area contributed by atoms with Crippen molar-refractivity contribution in [2.24, 2.45) is 0 Å². The van der Waals surface area contributed by atoms with Gasteiger partial charge in [-0.05, 0) is 30.7 Å². The molecule has 0 saturated carbocycles. The summed E-state index contributed by atoms with van der Waals surface area (Å²) in [6.07, 6.45) is 0. The Bertz CT molecular complexity index is 238. The number of nitrogen functional groups attached to an aromatic ring is 1. The van der Waals surface area contributed by atoms with E-state index in [1.165, 1.54) is 0 Å². The third kappa shape index (κ3) is 2.66. The van der Waals surface area contributed by atoms with Crippen LogP contribution in [-0.2, 0) is 0 Å². The minimum absolute atomic E-state index is 0.265. The van der Waals surface area contributed by atoms with Crippen LogP contribution in [0.15, 0.2) is 18.2 Å². The Kier molecular flexibility index (Phi) is 3.66. The molecule has 0 aliphatic carbocycles. The van der Waals surface area contributed by atoms with Gasteiger partial charge in [0.15, 0.2) is 0 Å². The first kappa shape index (κ1) is 9.42. The lowest BCUT2D eigenvalue weighted by Gasteiger charge is -1.97. The molecule has 4 nitrogen and oxygen atoms in total. The quantitative estimate of drug-likeness (QED) is 0.301. The number of aryl methyl sites for hydroxylation is 1. The van der Waals surface area contributed by atoms with Crippen LogP contribution in [0.2, 0.25) is 0 Å². The summed E-state index contributed by atoms with van der Waals surface area (Å²) in [5.74, 6) is 0.265.